The van der Waals surface area contributed by atoms with Crippen molar-refractivity contribution in [3.05, 3.63) is 28.7 Å². The number of benzene rings is 1. The molecule has 1 aliphatic rings. The van der Waals surface area contributed by atoms with Gasteiger partial charge in [-0.2, -0.15) is 9.57 Å². The topological polar surface area (TPSA) is 64.4 Å². The van der Waals surface area contributed by atoms with Crippen LogP contribution in [0.2, 0.25) is 0 Å². The largest absolute Gasteiger partial charge is 0.288 e. The molecule has 0 aromatic heterocycles. The summed E-state index contributed by atoms with van der Waals surface area (Å²) in [6.45, 7) is 2.42. The fourth-order valence-corrected chi connectivity index (χ4v) is 3.67. The maximum atomic E-state index is 12.4. The summed E-state index contributed by atoms with van der Waals surface area (Å²) < 4.78 is 27.1. The van der Waals surface area contributed by atoms with Crippen LogP contribution in [0.25, 0.3) is 0 Å². The predicted octanol–water partition coefficient (Wildman–Crippen LogP) is 1.28. The molecule has 1 saturated heterocycles. The quantitative estimate of drug-likeness (QED) is 0.775. The van der Waals surface area contributed by atoms with Crippen LogP contribution in [-0.4, -0.2) is 50.3 Å². The molecule has 0 N–H and O–H groups in total. The zero-order valence-corrected chi connectivity index (χ0v) is 12.7. The van der Waals surface area contributed by atoms with Crippen molar-refractivity contribution < 1.29 is 8.42 Å². The second-order valence-electron chi connectivity index (χ2n) is 4.29. The lowest BCUT2D eigenvalue weighted by Gasteiger charge is -2.32. The molecule has 1 aliphatic heterocycles. The molecule has 19 heavy (non-hydrogen) atoms. The lowest BCUT2D eigenvalue weighted by Crippen LogP contribution is -2.48. The van der Waals surface area contributed by atoms with E-state index in [9.17, 15) is 8.42 Å². The maximum Gasteiger partial charge on any atom is 0.243 e. The van der Waals surface area contributed by atoms with Crippen LogP contribution in [0.4, 0.5) is 0 Å². The Morgan fingerprint density at radius 1 is 1.16 bits per heavy atom. The Bertz CT molecular complexity index is 572. The number of halogens is 1. The normalized spacial score (nSPS) is 18.1. The van der Waals surface area contributed by atoms with Gasteiger partial charge in [0.1, 0.15) is 0 Å². The number of hydrogen-bond acceptors (Lipinski definition) is 4. The molecular formula is C12H14BrN3O2S. The van der Waals surface area contributed by atoms with Gasteiger partial charge in [-0.15, -0.1) is 0 Å². The highest BCUT2D eigenvalue weighted by atomic mass is 79.9. The molecule has 5 nitrogen and oxygen atoms in total. The second-order valence-corrected chi connectivity index (χ2v) is 7.15. The molecule has 0 atom stereocenters. The molecule has 0 radical (unpaired) electrons. The Kier molecular flexibility index (Phi) is 4.58. The van der Waals surface area contributed by atoms with Crippen molar-refractivity contribution in [3.8, 4) is 6.07 Å². The van der Waals surface area contributed by atoms with Crippen molar-refractivity contribution in [1.29, 1.82) is 5.26 Å². The molecule has 1 fully saturated rings. The first-order valence-corrected chi connectivity index (χ1v) is 8.12. The van der Waals surface area contributed by atoms with Crippen LogP contribution in [0.15, 0.2) is 33.6 Å². The van der Waals surface area contributed by atoms with Crippen LogP contribution in [0.1, 0.15) is 0 Å². The average molecular weight is 344 g/mol. The third-order valence-electron chi connectivity index (χ3n) is 3.08. The SMILES string of the molecule is N#CCN1CCN(S(=O)(=O)c2ccc(Br)cc2)CC1. The van der Waals surface area contributed by atoms with Gasteiger partial charge in [-0.1, -0.05) is 15.9 Å². The van der Waals surface area contributed by atoms with E-state index >= 15 is 0 Å². The summed E-state index contributed by atoms with van der Waals surface area (Å²) in [5.74, 6) is 0. The van der Waals surface area contributed by atoms with Crippen molar-refractivity contribution in [1.82, 2.24) is 9.21 Å². The predicted molar refractivity (Wildman–Crippen MR) is 75.0 cm³/mol. The van der Waals surface area contributed by atoms with E-state index in [1.807, 2.05) is 4.90 Å². The lowest BCUT2D eigenvalue weighted by molar-refractivity contribution is 0.206. The number of nitrogens with zero attached hydrogens (tertiary/aromatic N) is 3. The van der Waals surface area contributed by atoms with Gasteiger partial charge < -0.3 is 0 Å². The molecule has 1 aromatic carbocycles. The van der Waals surface area contributed by atoms with E-state index in [4.69, 9.17) is 5.26 Å². The molecule has 0 bridgehead atoms. The van der Waals surface area contributed by atoms with Gasteiger partial charge in [0.25, 0.3) is 0 Å². The molecule has 0 spiro atoms. The molecule has 2 rings (SSSR count). The van der Waals surface area contributed by atoms with Crippen molar-refractivity contribution in [2.45, 2.75) is 4.90 Å². The summed E-state index contributed by atoms with van der Waals surface area (Å²) in [6, 6.07) is 8.72. The van der Waals surface area contributed by atoms with Crippen LogP contribution < -0.4 is 0 Å². The van der Waals surface area contributed by atoms with Gasteiger partial charge in [-0.25, -0.2) is 8.42 Å². The van der Waals surface area contributed by atoms with Crippen LogP contribution in [0, 0.1) is 11.3 Å². The van der Waals surface area contributed by atoms with E-state index in [-0.39, 0.29) is 0 Å². The molecule has 0 aliphatic carbocycles. The van der Waals surface area contributed by atoms with Gasteiger partial charge in [-0.05, 0) is 24.3 Å². The molecule has 102 valence electrons. The average Bonchev–Trinajstić information content (AvgIpc) is 2.40. The summed E-state index contributed by atoms with van der Waals surface area (Å²) in [7, 11) is -3.41. The number of sulfonamides is 1. The maximum absolute atomic E-state index is 12.4. The summed E-state index contributed by atoms with van der Waals surface area (Å²) in [5, 5.41) is 8.62. The fourth-order valence-electron chi connectivity index (χ4n) is 1.98. The first-order valence-electron chi connectivity index (χ1n) is 5.89. The van der Waals surface area contributed by atoms with E-state index < -0.39 is 10.0 Å². The minimum Gasteiger partial charge on any atom is -0.288 e. The zero-order chi connectivity index (χ0) is 13.9. The van der Waals surface area contributed by atoms with Crippen molar-refractivity contribution >= 4 is 26.0 Å². The standard InChI is InChI=1S/C12H14BrN3O2S/c13-11-1-3-12(4-2-11)19(17,18)16-9-7-15(6-5-14)8-10-16/h1-4H,6-10H2. The van der Waals surface area contributed by atoms with Crippen LogP contribution in [0.3, 0.4) is 0 Å². The van der Waals surface area contributed by atoms with Crippen LogP contribution in [-0.2, 0) is 10.0 Å². The van der Waals surface area contributed by atoms with E-state index in [1.165, 1.54) is 4.31 Å². The smallest absolute Gasteiger partial charge is 0.243 e. The van der Waals surface area contributed by atoms with Gasteiger partial charge in [0.15, 0.2) is 0 Å². The van der Waals surface area contributed by atoms with Crippen molar-refractivity contribution in [3.63, 3.8) is 0 Å². The molecule has 0 amide bonds. The van der Waals surface area contributed by atoms with Gasteiger partial charge in [0.2, 0.25) is 10.0 Å². The van der Waals surface area contributed by atoms with Gasteiger partial charge in [-0.3, -0.25) is 4.90 Å². The first-order chi connectivity index (χ1) is 9.04. The van der Waals surface area contributed by atoms with E-state index in [1.54, 1.807) is 24.3 Å². The monoisotopic (exact) mass is 343 g/mol. The Morgan fingerprint density at radius 3 is 2.26 bits per heavy atom. The van der Waals surface area contributed by atoms with Crippen LogP contribution >= 0.6 is 15.9 Å². The third-order valence-corrected chi connectivity index (χ3v) is 5.52. The lowest BCUT2D eigenvalue weighted by atomic mass is 10.4. The minimum atomic E-state index is -3.41. The number of hydrogen-bond donors (Lipinski definition) is 0. The molecule has 7 heteroatoms. The molecule has 0 unspecified atom stereocenters. The van der Waals surface area contributed by atoms with Crippen molar-refractivity contribution in [2.75, 3.05) is 32.7 Å². The summed E-state index contributed by atoms with van der Waals surface area (Å²) in [6.07, 6.45) is 0. The minimum absolute atomic E-state index is 0.310. The van der Waals surface area contributed by atoms with Gasteiger partial charge in [0.05, 0.1) is 17.5 Å². The van der Waals surface area contributed by atoms with Crippen molar-refractivity contribution in [2.24, 2.45) is 0 Å². The molecule has 1 aromatic rings. The Balaban J connectivity index is 2.10. The molecule has 0 saturated carbocycles. The highest BCUT2D eigenvalue weighted by molar-refractivity contribution is 9.10. The van der Waals surface area contributed by atoms with E-state index in [0.717, 1.165) is 4.47 Å². The number of rotatable bonds is 3. The highest BCUT2D eigenvalue weighted by Crippen LogP contribution is 2.19. The Morgan fingerprint density at radius 2 is 1.74 bits per heavy atom. The second kappa shape index (κ2) is 6.01. The van der Waals surface area contributed by atoms with E-state index in [0.29, 0.717) is 37.6 Å². The fraction of sp³-hybridized carbons (Fsp3) is 0.417. The molecular weight excluding hydrogens is 330 g/mol. The van der Waals surface area contributed by atoms with Gasteiger partial charge >= 0.3 is 0 Å². The number of nitriles is 1. The van der Waals surface area contributed by atoms with E-state index in [2.05, 4.69) is 22.0 Å². The molecule has 1 heterocycles. The summed E-state index contributed by atoms with van der Waals surface area (Å²) in [5.41, 5.74) is 0. The summed E-state index contributed by atoms with van der Waals surface area (Å²) >= 11 is 3.29. The van der Waals surface area contributed by atoms with Crippen LogP contribution in [0.5, 0.6) is 0 Å². The van der Waals surface area contributed by atoms with Gasteiger partial charge in [0, 0.05) is 30.7 Å². The third kappa shape index (κ3) is 3.34. The zero-order valence-electron chi connectivity index (χ0n) is 10.3. The highest BCUT2D eigenvalue weighted by Gasteiger charge is 2.28. The first kappa shape index (κ1) is 14.5. The number of piperazine rings is 1. The Hall–Kier alpha value is -0.940. The Labute approximate surface area is 121 Å². The summed E-state index contributed by atoms with van der Waals surface area (Å²) in [4.78, 5) is 2.26.